The van der Waals surface area contributed by atoms with Crippen LogP contribution in [0.4, 0.5) is 26.3 Å². The quantitative estimate of drug-likeness (QED) is 0.151. The van der Waals surface area contributed by atoms with Crippen molar-refractivity contribution < 1.29 is 35.9 Å². The molecule has 2 N–H and O–H groups in total. The fourth-order valence-electron chi connectivity index (χ4n) is 6.80. The molecule has 16 heteroatoms. The lowest BCUT2D eigenvalue weighted by molar-refractivity contribution is -0.150. The Hall–Kier alpha value is -6.68. The largest absolute Gasteiger partial charge is 0.416 e. The van der Waals surface area contributed by atoms with Gasteiger partial charge in [-0.25, -0.2) is 9.97 Å². The molecule has 0 fully saturated rings. The SMILES string of the molecule is CC(c1ccc(C(F)(F)F)cc1)N(C(=O)C(CC(N)=O)(n1cnc2cccc(C#N)c21)n1cnc2cccc(C#N)c21)[C@@H](C)c1ccc(C(F)(F)F)cc1. The molecule has 2 aromatic heterocycles. The van der Waals surface area contributed by atoms with Crippen LogP contribution in [0, 0.1) is 22.7 Å². The Kier molecular flexibility index (Phi) is 9.41. The maximum absolute atomic E-state index is 16.0. The van der Waals surface area contributed by atoms with E-state index in [-0.39, 0.29) is 44.3 Å². The van der Waals surface area contributed by atoms with Gasteiger partial charge in [-0.3, -0.25) is 18.7 Å². The van der Waals surface area contributed by atoms with Crippen LogP contribution in [-0.4, -0.2) is 35.8 Å². The van der Waals surface area contributed by atoms with Crippen molar-refractivity contribution >= 4 is 33.9 Å². The molecule has 10 nitrogen and oxygen atoms in total. The number of imidazole rings is 2. The topological polar surface area (TPSA) is 147 Å². The van der Waals surface area contributed by atoms with Crippen LogP contribution in [0.5, 0.6) is 0 Å². The maximum Gasteiger partial charge on any atom is 0.416 e. The summed E-state index contributed by atoms with van der Waals surface area (Å²) in [6.45, 7) is 3.02. The first-order valence-corrected chi connectivity index (χ1v) is 16.2. The average molecular weight is 743 g/mol. The monoisotopic (exact) mass is 742 g/mol. The van der Waals surface area contributed by atoms with Crippen LogP contribution in [0.15, 0.2) is 97.6 Å². The van der Waals surface area contributed by atoms with Gasteiger partial charge in [-0.05, 0) is 73.5 Å². The van der Waals surface area contributed by atoms with E-state index in [0.717, 1.165) is 24.3 Å². The first-order chi connectivity index (χ1) is 25.5. The molecular weight excluding hydrogens is 714 g/mol. The summed E-state index contributed by atoms with van der Waals surface area (Å²) in [5, 5.41) is 20.4. The maximum atomic E-state index is 16.0. The van der Waals surface area contributed by atoms with Crippen LogP contribution in [-0.2, 0) is 27.6 Å². The zero-order valence-electron chi connectivity index (χ0n) is 28.4. The molecule has 0 saturated carbocycles. The van der Waals surface area contributed by atoms with Crippen molar-refractivity contribution in [1.29, 1.82) is 10.5 Å². The molecule has 0 radical (unpaired) electrons. The van der Waals surface area contributed by atoms with Gasteiger partial charge in [-0.2, -0.15) is 36.9 Å². The zero-order valence-corrected chi connectivity index (χ0v) is 28.4. The second-order valence-electron chi connectivity index (χ2n) is 12.6. The number of rotatable bonds is 9. The standard InChI is InChI=1S/C38H28F6N8O2/c1-22(24-9-13-28(14-10-24)37(39,40)41)52(23(2)25-11-15-29(16-12-25)38(42,43)44)35(54)36(17-32(47)53,50-20-48-30-7-3-5-26(18-45)33(30)50)51-21-49-31-8-4-6-27(19-46)34(31)51/h3-16,20-23H,17H2,1-2H3,(H2,47,53)/t22-,23?/m0/s1. The number of halogens is 6. The molecule has 54 heavy (non-hydrogen) atoms. The number of amides is 2. The summed E-state index contributed by atoms with van der Waals surface area (Å²) in [7, 11) is 0. The number of benzene rings is 4. The molecule has 0 bridgehead atoms. The summed E-state index contributed by atoms with van der Waals surface area (Å²) in [6, 6.07) is 19.0. The van der Waals surface area contributed by atoms with E-state index < -0.39 is 59.5 Å². The molecular formula is C38H28F6N8O2. The van der Waals surface area contributed by atoms with E-state index in [1.807, 2.05) is 0 Å². The first-order valence-electron chi connectivity index (χ1n) is 16.2. The molecule has 2 heterocycles. The Morgan fingerprint density at radius 2 is 1.09 bits per heavy atom. The number of alkyl halides is 6. The van der Waals surface area contributed by atoms with E-state index in [9.17, 15) is 41.7 Å². The van der Waals surface area contributed by atoms with Gasteiger partial charge in [-0.1, -0.05) is 36.4 Å². The number of carbonyl (C=O) groups excluding carboxylic acids is 2. The third-order valence-electron chi connectivity index (χ3n) is 9.45. The van der Waals surface area contributed by atoms with Gasteiger partial charge in [-0.15, -0.1) is 0 Å². The number of para-hydroxylation sites is 2. The smallest absolute Gasteiger partial charge is 0.370 e. The van der Waals surface area contributed by atoms with Crippen molar-refractivity contribution in [1.82, 2.24) is 24.0 Å². The minimum absolute atomic E-state index is 0.0368. The van der Waals surface area contributed by atoms with Crippen LogP contribution >= 0.6 is 0 Å². The Labute approximate surface area is 303 Å². The van der Waals surface area contributed by atoms with Crippen LogP contribution < -0.4 is 5.73 Å². The fraction of sp³-hybridized carbons (Fsp3) is 0.211. The highest BCUT2D eigenvalue weighted by Crippen LogP contribution is 2.42. The number of nitrogens with two attached hydrogens (primary N) is 1. The lowest BCUT2D eigenvalue weighted by Crippen LogP contribution is -2.57. The van der Waals surface area contributed by atoms with Crippen LogP contribution in [0.1, 0.15) is 65.7 Å². The number of hydrogen-bond donors (Lipinski definition) is 1. The van der Waals surface area contributed by atoms with Crippen molar-refractivity contribution in [2.45, 2.75) is 50.4 Å². The molecule has 4 aromatic carbocycles. The Morgan fingerprint density at radius 1 is 0.704 bits per heavy atom. The lowest BCUT2D eigenvalue weighted by Gasteiger charge is -2.44. The van der Waals surface area contributed by atoms with Crippen LogP contribution in [0.3, 0.4) is 0 Å². The van der Waals surface area contributed by atoms with Gasteiger partial charge in [0.25, 0.3) is 5.91 Å². The summed E-state index contributed by atoms with van der Waals surface area (Å²) in [4.78, 5) is 39.3. The predicted octanol–water partition coefficient (Wildman–Crippen LogP) is 7.59. The number of nitriles is 2. The van der Waals surface area contributed by atoms with Crippen LogP contribution in [0.2, 0.25) is 0 Å². The van der Waals surface area contributed by atoms with Gasteiger partial charge < -0.3 is 10.6 Å². The Balaban J connectivity index is 1.70. The van der Waals surface area contributed by atoms with Gasteiger partial charge in [0, 0.05) is 0 Å². The third-order valence-corrected chi connectivity index (χ3v) is 9.45. The normalized spacial score (nSPS) is 13.3. The second-order valence-corrected chi connectivity index (χ2v) is 12.6. The fourth-order valence-corrected chi connectivity index (χ4v) is 6.80. The number of fused-ring (bicyclic) bond motifs is 2. The van der Waals surface area contributed by atoms with Gasteiger partial charge in [0.15, 0.2) is 0 Å². The Bertz CT molecular complexity index is 2320. The molecule has 0 aliphatic carbocycles. The van der Waals surface area contributed by atoms with E-state index in [1.165, 1.54) is 76.9 Å². The van der Waals surface area contributed by atoms with E-state index in [1.54, 1.807) is 24.3 Å². The van der Waals surface area contributed by atoms with Crippen molar-refractivity contribution in [3.63, 3.8) is 0 Å². The highest BCUT2D eigenvalue weighted by Gasteiger charge is 2.51. The minimum Gasteiger partial charge on any atom is -0.370 e. The lowest BCUT2D eigenvalue weighted by atomic mass is 9.94. The minimum atomic E-state index is -4.68. The van der Waals surface area contributed by atoms with E-state index in [0.29, 0.717) is 0 Å². The molecule has 6 rings (SSSR count). The second kappa shape index (κ2) is 13.7. The molecule has 6 aromatic rings. The third kappa shape index (κ3) is 6.36. The highest BCUT2D eigenvalue weighted by molar-refractivity contribution is 5.96. The number of nitrogens with zero attached hydrogens (tertiary/aromatic N) is 7. The zero-order chi connectivity index (χ0) is 39.2. The Morgan fingerprint density at radius 3 is 1.43 bits per heavy atom. The van der Waals surface area contributed by atoms with Crippen molar-refractivity contribution in [2.24, 2.45) is 5.73 Å². The van der Waals surface area contributed by atoms with Gasteiger partial charge >= 0.3 is 12.4 Å². The van der Waals surface area contributed by atoms with Crippen molar-refractivity contribution in [3.8, 4) is 12.1 Å². The molecule has 274 valence electrons. The van der Waals surface area contributed by atoms with E-state index in [2.05, 4.69) is 22.1 Å². The van der Waals surface area contributed by atoms with Gasteiger partial charge in [0.05, 0.1) is 75.5 Å². The van der Waals surface area contributed by atoms with Crippen LogP contribution in [0.25, 0.3) is 22.1 Å². The molecule has 0 spiro atoms. The summed E-state index contributed by atoms with van der Waals surface area (Å²) in [5.41, 5.74) is 2.77. The summed E-state index contributed by atoms with van der Waals surface area (Å²) in [5.74, 6) is -1.97. The molecule has 1 unspecified atom stereocenters. The molecule has 0 aliphatic heterocycles. The molecule has 0 aliphatic rings. The summed E-state index contributed by atoms with van der Waals surface area (Å²) < 4.78 is 84.1. The van der Waals surface area contributed by atoms with Gasteiger partial charge in [0.2, 0.25) is 11.6 Å². The molecule has 2 atom stereocenters. The molecule has 2 amide bonds. The van der Waals surface area contributed by atoms with E-state index in [4.69, 9.17) is 5.73 Å². The number of hydrogen-bond acceptors (Lipinski definition) is 6. The van der Waals surface area contributed by atoms with Crippen molar-refractivity contribution in [2.75, 3.05) is 0 Å². The summed E-state index contributed by atoms with van der Waals surface area (Å²) in [6.07, 6.45) is -7.75. The van der Waals surface area contributed by atoms with E-state index >= 15 is 4.79 Å². The number of aromatic nitrogens is 4. The van der Waals surface area contributed by atoms with Gasteiger partial charge in [0.1, 0.15) is 12.1 Å². The average Bonchev–Trinajstić information content (AvgIpc) is 3.79. The first kappa shape index (κ1) is 37.1. The molecule has 0 saturated heterocycles. The summed E-state index contributed by atoms with van der Waals surface area (Å²) >= 11 is 0. The highest BCUT2D eigenvalue weighted by atomic mass is 19.4. The number of carbonyl (C=O) groups is 2. The number of primary amides is 1. The van der Waals surface area contributed by atoms with Crippen molar-refractivity contribution in [3.05, 3.63) is 131 Å². The predicted molar refractivity (Wildman–Crippen MR) is 183 cm³/mol.